The predicted molar refractivity (Wildman–Crippen MR) is 125 cm³/mol. The van der Waals surface area contributed by atoms with E-state index in [-0.39, 0.29) is 0 Å². The van der Waals surface area contributed by atoms with Crippen molar-refractivity contribution in [3.8, 4) is 0 Å². The van der Waals surface area contributed by atoms with E-state index in [9.17, 15) is 0 Å². The van der Waals surface area contributed by atoms with Gasteiger partial charge >= 0.3 is 0 Å². The van der Waals surface area contributed by atoms with Gasteiger partial charge in [-0.15, -0.1) is 0 Å². The van der Waals surface area contributed by atoms with Gasteiger partial charge in [0.05, 0.1) is 0 Å². The van der Waals surface area contributed by atoms with Gasteiger partial charge in [-0.2, -0.15) is 0 Å². The van der Waals surface area contributed by atoms with Gasteiger partial charge in [-0.25, -0.2) is 0 Å². The van der Waals surface area contributed by atoms with E-state index in [4.69, 9.17) is 0 Å². The van der Waals surface area contributed by atoms with Gasteiger partial charge in [-0.05, 0) is 123 Å². The minimum atomic E-state index is 0.561. The van der Waals surface area contributed by atoms with Gasteiger partial charge in [0.25, 0.3) is 0 Å². The van der Waals surface area contributed by atoms with Crippen molar-refractivity contribution in [2.24, 2.45) is 45.8 Å². The van der Waals surface area contributed by atoms with Crippen LogP contribution < -0.4 is 0 Å². The Morgan fingerprint density at radius 3 is 2.45 bits per heavy atom. The highest BCUT2D eigenvalue weighted by atomic mass is 14.6. The van der Waals surface area contributed by atoms with Crippen molar-refractivity contribution in [2.75, 3.05) is 0 Å². The Labute approximate surface area is 181 Å². The Kier molecular flexibility index (Phi) is 5.27. The van der Waals surface area contributed by atoms with Crippen LogP contribution in [0.5, 0.6) is 0 Å². The Bertz CT molecular complexity index is 636. The summed E-state index contributed by atoms with van der Waals surface area (Å²) < 4.78 is 0. The average molecular weight is 397 g/mol. The van der Waals surface area contributed by atoms with Gasteiger partial charge in [-0.1, -0.05) is 58.6 Å². The van der Waals surface area contributed by atoms with E-state index in [0.29, 0.717) is 10.8 Å². The molecule has 4 saturated carbocycles. The molecule has 0 saturated heterocycles. The van der Waals surface area contributed by atoms with Crippen LogP contribution in [0.15, 0.2) is 11.6 Å². The molecule has 0 radical (unpaired) electrons. The van der Waals surface area contributed by atoms with Crippen molar-refractivity contribution in [1.82, 2.24) is 0 Å². The molecule has 3 unspecified atom stereocenters. The van der Waals surface area contributed by atoms with Crippen molar-refractivity contribution in [2.45, 2.75) is 124 Å². The molecule has 0 aromatic rings. The number of unbranched alkanes of at least 4 members (excludes halogenated alkanes) is 1. The van der Waals surface area contributed by atoms with Crippen LogP contribution in [0, 0.1) is 45.8 Å². The number of hydrogen-bond donors (Lipinski definition) is 0. The summed E-state index contributed by atoms with van der Waals surface area (Å²) in [5.41, 5.74) is 3.95. The molecular formula is C29H48. The van der Waals surface area contributed by atoms with Crippen molar-refractivity contribution in [3.05, 3.63) is 11.6 Å². The zero-order chi connectivity index (χ0) is 20.3. The van der Waals surface area contributed by atoms with Gasteiger partial charge in [0.15, 0.2) is 0 Å². The van der Waals surface area contributed by atoms with Crippen molar-refractivity contribution < 1.29 is 0 Å². The quantitative estimate of drug-likeness (QED) is 0.321. The Hall–Kier alpha value is -0.260. The molecule has 5 aliphatic rings. The lowest BCUT2D eigenvalue weighted by Crippen LogP contribution is -2.47. The molecule has 5 aliphatic carbocycles. The maximum absolute atomic E-state index is 2.77. The summed E-state index contributed by atoms with van der Waals surface area (Å²) in [6.45, 7) is 10.2. The van der Waals surface area contributed by atoms with Crippen molar-refractivity contribution >= 4 is 0 Å². The summed E-state index contributed by atoms with van der Waals surface area (Å²) in [6, 6.07) is 0. The number of rotatable bonds is 5. The first-order valence-corrected chi connectivity index (χ1v) is 13.6. The Morgan fingerprint density at radius 1 is 0.897 bits per heavy atom. The average Bonchev–Trinajstić information content (AvgIpc) is 3.38. The topological polar surface area (TPSA) is 0 Å². The molecule has 0 aliphatic heterocycles. The molecule has 1 spiro atoms. The van der Waals surface area contributed by atoms with E-state index >= 15 is 0 Å². The van der Waals surface area contributed by atoms with Crippen LogP contribution in [0.1, 0.15) is 124 Å². The first kappa shape index (κ1) is 20.6. The normalized spacial score (nSPS) is 45.3. The van der Waals surface area contributed by atoms with E-state index in [1.165, 1.54) is 64.2 Å². The van der Waals surface area contributed by atoms with Crippen LogP contribution in [0.3, 0.4) is 0 Å². The molecule has 164 valence electrons. The fourth-order valence-corrected chi connectivity index (χ4v) is 9.17. The molecule has 0 N–H and O–H groups in total. The van der Waals surface area contributed by atoms with E-state index < -0.39 is 0 Å². The molecule has 0 heteroatoms. The van der Waals surface area contributed by atoms with Gasteiger partial charge in [0.2, 0.25) is 0 Å². The molecule has 0 nitrogen and oxygen atoms in total. The minimum absolute atomic E-state index is 0.561. The van der Waals surface area contributed by atoms with Crippen molar-refractivity contribution in [3.63, 3.8) is 0 Å². The summed E-state index contributed by atoms with van der Waals surface area (Å²) in [5, 5.41) is 0. The highest BCUT2D eigenvalue weighted by molar-refractivity contribution is 5.26. The Morgan fingerprint density at radius 2 is 1.69 bits per heavy atom. The highest BCUT2D eigenvalue weighted by Gasteiger charge is 2.59. The molecular weight excluding hydrogens is 348 g/mol. The predicted octanol–water partition coefficient (Wildman–Crippen LogP) is 8.95. The van der Waals surface area contributed by atoms with Crippen LogP contribution in [0.2, 0.25) is 0 Å². The van der Waals surface area contributed by atoms with Gasteiger partial charge in [0.1, 0.15) is 0 Å². The number of hydrogen-bond acceptors (Lipinski definition) is 0. The molecule has 0 heterocycles. The van der Waals surface area contributed by atoms with Crippen LogP contribution in [0.4, 0.5) is 0 Å². The van der Waals surface area contributed by atoms with Crippen LogP contribution in [0.25, 0.3) is 0 Å². The molecule has 4 fully saturated rings. The fraction of sp³-hybridized carbons (Fsp3) is 0.931. The van der Waals surface area contributed by atoms with E-state index in [1.807, 2.05) is 5.57 Å². The summed E-state index contributed by atoms with van der Waals surface area (Å²) in [5.74, 6) is 4.99. The third kappa shape index (κ3) is 3.47. The lowest BCUT2D eigenvalue weighted by Gasteiger charge is -2.55. The molecule has 29 heavy (non-hydrogen) atoms. The first-order chi connectivity index (χ1) is 13.9. The second-order valence-electron chi connectivity index (χ2n) is 13.3. The van der Waals surface area contributed by atoms with E-state index in [0.717, 1.165) is 35.0 Å². The molecule has 0 amide bonds. The van der Waals surface area contributed by atoms with Crippen LogP contribution in [-0.2, 0) is 0 Å². The third-order valence-corrected chi connectivity index (χ3v) is 11.4. The molecule has 6 atom stereocenters. The van der Waals surface area contributed by atoms with Crippen molar-refractivity contribution in [1.29, 1.82) is 0 Å². The standard InChI is InChI=1S/C29H48/c1-21(2)8-5-6-9-22-12-13-25-24-11-7-10-23-20-29(18-19-29)17-16-28(23,4)26(24)14-15-27(22,25)3/h10,21-22,24-26H,5-9,11-20H2,1-4H3/t22?,24-,25?,26?,27-,28+/m1/s1. The SMILES string of the molecule is CC(C)CCCCC1CCC2[C@H]3CCC=C4CC5(CC5)CC[C@]4(C)C3CC[C@]12C. The molecule has 0 aromatic carbocycles. The second-order valence-corrected chi connectivity index (χ2v) is 13.3. The van der Waals surface area contributed by atoms with Gasteiger partial charge in [-0.3, -0.25) is 0 Å². The van der Waals surface area contributed by atoms with Gasteiger partial charge < -0.3 is 0 Å². The largest absolute Gasteiger partial charge is 0.0847 e. The maximum atomic E-state index is 2.77. The lowest BCUT2D eigenvalue weighted by molar-refractivity contribution is -0.0398. The zero-order valence-electron chi connectivity index (χ0n) is 20.1. The molecule has 0 bridgehead atoms. The highest BCUT2D eigenvalue weighted by Crippen LogP contribution is 2.69. The maximum Gasteiger partial charge on any atom is -0.00850 e. The molecule has 5 rings (SSSR count). The van der Waals surface area contributed by atoms with E-state index in [1.54, 1.807) is 32.1 Å². The first-order valence-electron chi connectivity index (χ1n) is 13.6. The van der Waals surface area contributed by atoms with E-state index in [2.05, 4.69) is 33.8 Å². The summed E-state index contributed by atoms with van der Waals surface area (Å²) in [7, 11) is 0. The van der Waals surface area contributed by atoms with Crippen LogP contribution in [-0.4, -0.2) is 0 Å². The smallest absolute Gasteiger partial charge is 0.00850 e. The van der Waals surface area contributed by atoms with Gasteiger partial charge in [0, 0.05) is 0 Å². The number of allylic oxidation sites excluding steroid dienone is 2. The summed E-state index contributed by atoms with van der Waals surface area (Å²) >= 11 is 0. The number of fused-ring (bicyclic) bond motifs is 5. The second kappa shape index (κ2) is 7.41. The van der Waals surface area contributed by atoms with Crippen LogP contribution >= 0.6 is 0 Å². The monoisotopic (exact) mass is 396 g/mol. The summed E-state index contributed by atoms with van der Waals surface area (Å²) in [6.07, 6.45) is 25.4. The Balaban J connectivity index is 1.30. The third-order valence-electron chi connectivity index (χ3n) is 11.4. The lowest BCUT2D eigenvalue weighted by atomic mass is 9.49. The molecule has 0 aromatic heterocycles. The summed E-state index contributed by atoms with van der Waals surface area (Å²) in [4.78, 5) is 0. The zero-order valence-corrected chi connectivity index (χ0v) is 20.1. The fourth-order valence-electron chi connectivity index (χ4n) is 9.17. The minimum Gasteiger partial charge on any atom is -0.0847 e.